The molecule has 1 heterocycles. The normalized spacial score (nSPS) is 26.7. The van der Waals surface area contributed by atoms with Crippen LogP contribution >= 0.6 is 0 Å². The van der Waals surface area contributed by atoms with Gasteiger partial charge in [0.2, 0.25) is 0 Å². The van der Waals surface area contributed by atoms with Crippen molar-refractivity contribution >= 4 is 0 Å². The molecule has 1 N–H and O–H groups in total. The number of hydrogen-bond donors (Lipinski definition) is 1. The van der Waals surface area contributed by atoms with Gasteiger partial charge in [-0.2, -0.15) is 0 Å². The fraction of sp³-hybridized carbons (Fsp3) is 0.571. The first kappa shape index (κ1) is 11.6. The monoisotopic (exact) mass is 219 g/mol. The van der Waals surface area contributed by atoms with Crippen molar-refractivity contribution in [3.05, 3.63) is 35.9 Å². The van der Waals surface area contributed by atoms with Gasteiger partial charge in [0.05, 0.1) is 6.10 Å². The van der Waals surface area contributed by atoms with Gasteiger partial charge in [-0.1, -0.05) is 44.2 Å². The molecule has 16 heavy (non-hydrogen) atoms. The third-order valence-corrected chi connectivity index (χ3v) is 3.17. The quantitative estimate of drug-likeness (QED) is 0.826. The van der Waals surface area contributed by atoms with Gasteiger partial charge in [0, 0.05) is 12.6 Å². The summed E-state index contributed by atoms with van der Waals surface area (Å²) in [7, 11) is 0. The third-order valence-electron chi connectivity index (χ3n) is 3.17. The number of rotatable bonds is 2. The van der Waals surface area contributed by atoms with E-state index in [0.29, 0.717) is 12.0 Å². The maximum absolute atomic E-state index is 6.00. The number of benzene rings is 1. The predicted molar refractivity (Wildman–Crippen MR) is 66.4 cm³/mol. The van der Waals surface area contributed by atoms with E-state index in [-0.39, 0.29) is 6.10 Å². The molecule has 0 amide bonds. The van der Waals surface area contributed by atoms with Crippen molar-refractivity contribution in [2.75, 3.05) is 13.2 Å². The zero-order chi connectivity index (χ0) is 11.4. The second-order valence-corrected chi connectivity index (χ2v) is 4.78. The highest BCUT2D eigenvalue weighted by atomic mass is 16.5. The van der Waals surface area contributed by atoms with E-state index in [1.807, 2.05) is 0 Å². The lowest BCUT2D eigenvalue weighted by atomic mass is 9.93. The van der Waals surface area contributed by atoms with Crippen LogP contribution < -0.4 is 5.32 Å². The molecule has 2 heteroatoms. The lowest BCUT2D eigenvalue weighted by Gasteiger charge is -2.29. The Bertz CT molecular complexity index is 310. The van der Waals surface area contributed by atoms with Gasteiger partial charge in [-0.25, -0.2) is 0 Å². The summed E-state index contributed by atoms with van der Waals surface area (Å²) in [5.74, 6) is 0.586. The molecule has 0 spiro atoms. The van der Waals surface area contributed by atoms with E-state index >= 15 is 0 Å². The molecular weight excluding hydrogens is 198 g/mol. The largest absolute Gasteiger partial charge is 0.372 e. The molecule has 2 atom stereocenters. The lowest BCUT2D eigenvalue weighted by Crippen LogP contribution is -2.38. The molecule has 2 nitrogen and oxygen atoms in total. The fourth-order valence-electron chi connectivity index (χ4n) is 2.29. The summed E-state index contributed by atoms with van der Waals surface area (Å²) in [6.07, 6.45) is 1.30. The van der Waals surface area contributed by atoms with Crippen LogP contribution in [0.25, 0.3) is 0 Å². The molecule has 88 valence electrons. The minimum Gasteiger partial charge on any atom is -0.372 e. The minimum atomic E-state index is 0.198. The number of hydrogen-bond acceptors (Lipinski definition) is 2. The minimum absolute atomic E-state index is 0.198. The third kappa shape index (κ3) is 2.63. The molecular formula is C14H21NO. The van der Waals surface area contributed by atoms with Crippen LogP contribution in [0.1, 0.15) is 31.9 Å². The summed E-state index contributed by atoms with van der Waals surface area (Å²) in [4.78, 5) is 0. The molecule has 1 aliphatic rings. The van der Waals surface area contributed by atoms with Gasteiger partial charge >= 0.3 is 0 Å². The topological polar surface area (TPSA) is 21.3 Å². The summed E-state index contributed by atoms with van der Waals surface area (Å²) < 4.78 is 6.00. The average molecular weight is 219 g/mol. The molecule has 2 unspecified atom stereocenters. The Balaban J connectivity index is 2.21. The zero-order valence-corrected chi connectivity index (χ0v) is 10.1. The second kappa shape index (κ2) is 5.46. The molecule has 1 fully saturated rings. The summed E-state index contributed by atoms with van der Waals surface area (Å²) >= 11 is 0. The van der Waals surface area contributed by atoms with Gasteiger partial charge < -0.3 is 10.1 Å². The van der Waals surface area contributed by atoms with Crippen LogP contribution in [0.4, 0.5) is 0 Å². The highest BCUT2D eigenvalue weighted by molar-refractivity contribution is 5.19. The van der Waals surface area contributed by atoms with E-state index in [1.165, 1.54) is 5.56 Å². The van der Waals surface area contributed by atoms with E-state index in [4.69, 9.17) is 4.74 Å². The Kier molecular flexibility index (Phi) is 3.97. The first-order valence-corrected chi connectivity index (χ1v) is 6.19. The van der Waals surface area contributed by atoms with Crippen LogP contribution in [0.3, 0.4) is 0 Å². The number of ether oxygens (including phenoxy) is 1. The van der Waals surface area contributed by atoms with Crippen molar-refractivity contribution in [3.63, 3.8) is 0 Å². The van der Waals surface area contributed by atoms with Crippen LogP contribution in [-0.2, 0) is 4.74 Å². The van der Waals surface area contributed by atoms with Crippen molar-refractivity contribution in [2.24, 2.45) is 5.92 Å². The van der Waals surface area contributed by atoms with Gasteiger partial charge in [0.15, 0.2) is 0 Å². The van der Waals surface area contributed by atoms with E-state index in [2.05, 4.69) is 49.5 Å². The van der Waals surface area contributed by atoms with Crippen molar-refractivity contribution in [3.8, 4) is 0 Å². The molecule has 1 aliphatic heterocycles. The van der Waals surface area contributed by atoms with Crippen LogP contribution in [-0.4, -0.2) is 19.2 Å². The smallest absolute Gasteiger partial charge is 0.0980 e. The molecule has 1 aromatic rings. The molecule has 2 rings (SSSR count). The van der Waals surface area contributed by atoms with Crippen LogP contribution in [0.2, 0.25) is 0 Å². The SMILES string of the molecule is CC(C)C1NCCCOC1c1ccccc1. The van der Waals surface area contributed by atoms with Crippen molar-refractivity contribution in [1.29, 1.82) is 0 Å². The summed E-state index contributed by atoms with van der Waals surface area (Å²) in [5, 5.41) is 3.60. The Labute approximate surface area is 98.0 Å². The summed E-state index contributed by atoms with van der Waals surface area (Å²) in [6.45, 7) is 6.42. The standard InChI is InChI=1S/C14H21NO/c1-11(2)13-14(16-10-6-9-15-13)12-7-4-3-5-8-12/h3-5,7-8,11,13-15H,6,9-10H2,1-2H3. The second-order valence-electron chi connectivity index (χ2n) is 4.78. The molecule has 0 radical (unpaired) electrons. The van der Waals surface area contributed by atoms with Gasteiger partial charge in [-0.3, -0.25) is 0 Å². The summed E-state index contributed by atoms with van der Waals surface area (Å²) in [6, 6.07) is 11.0. The first-order valence-electron chi connectivity index (χ1n) is 6.19. The molecule has 1 saturated heterocycles. The van der Waals surface area contributed by atoms with Crippen LogP contribution in [0.5, 0.6) is 0 Å². The predicted octanol–water partition coefficient (Wildman–Crippen LogP) is 2.76. The molecule has 1 aromatic carbocycles. The van der Waals surface area contributed by atoms with Crippen LogP contribution in [0.15, 0.2) is 30.3 Å². The van der Waals surface area contributed by atoms with E-state index in [1.54, 1.807) is 0 Å². The van der Waals surface area contributed by atoms with E-state index < -0.39 is 0 Å². The first-order chi connectivity index (χ1) is 7.79. The summed E-state index contributed by atoms with van der Waals surface area (Å²) in [5.41, 5.74) is 1.29. The molecule has 0 aromatic heterocycles. The van der Waals surface area contributed by atoms with Crippen molar-refractivity contribution in [1.82, 2.24) is 5.32 Å². The zero-order valence-electron chi connectivity index (χ0n) is 10.1. The average Bonchev–Trinajstić information content (AvgIpc) is 2.55. The van der Waals surface area contributed by atoms with Gasteiger partial charge in [0.25, 0.3) is 0 Å². The van der Waals surface area contributed by atoms with Gasteiger partial charge in [-0.05, 0) is 24.4 Å². The van der Waals surface area contributed by atoms with E-state index in [0.717, 1.165) is 19.6 Å². The Morgan fingerprint density at radius 1 is 1.25 bits per heavy atom. The van der Waals surface area contributed by atoms with Crippen LogP contribution in [0, 0.1) is 5.92 Å². The Morgan fingerprint density at radius 3 is 2.69 bits per heavy atom. The molecule has 0 aliphatic carbocycles. The highest BCUT2D eigenvalue weighted by Gasteiger charge is 2.27. The van der Waals surface area contributed by atoms with Crippen molar-refractivity contribution < 1.29 is 4.74 Å². The lowest BCUT2D eigenvalue weighted by molar-refractivity contribution is 0.0305. The van der Waals surface area contributed by atoms with E-state index in [9.17, 15) is 0 Å². The maximum atomic E-state index is 6.00. The van der Waals surface area contributed by atoms with Gasteiger partial charge in [0.1, 0.15) is 0 Å². The maximum Gasteiger partial charge on any atom is 0.0980 e. The highest BCUT2D eigenvalue weighted by Crippen LogP contribution is 2.27. The molecule has 0 saturated carbocycles. The van der Waals surface area contributed by atoms with Gasteiger partial charge in [-0.15, -0.1) is 0 Å². The Morgan fingerprint density at radius 2 is 2.00 bits per heavy atom. The fourth-order valence-corrected chi connectivity index (χ4v) is 2.29. The number of nitrogens with one attached hydrogen (secondary N) is 1. The Hall–Kier alpha value is -0.860. The van der Waals surface area contributed by atoms with Crippen molar-refractivity contribution in [2.45, 2.75) is 32.4 Å². The molecule has 0 bridgehead atoms.